The lowest BCUT2D eigenvalue weighted by Crippen LogP contribution is -2.34. The molecule has 0 spiro atoms. The molecule has 0 aliphatic rings. The highest BCUT2D eigenvalue weighted by molar-refractivity contribution is 9.10. The minimum absolute atomic E-state index is 0.134. The molecule has 0 saturated heterocycles. The van der Waals surface area contributed by atoms with E-state index in [2.05, 4.69) is 40.4 Å². The summed E-state index contributed by atoms with van der Waals surface area (Å²) in [5, 5.41) is 5.79. The summed E-state index contributed by atoms with van der Waals surface area (Å²) in [6.45, 7) is 4.77. The lowest BCUT2D eigenvalue weighted by atomic mass is 10.1. The van der Waals surface area contributed by atoms with Crippen LogP contribution in [0.25, 0.3) is 0 Å². The van der Waals surface area contributed by atoms with Crippen molar-refractivity contribution < 1.29 is 19.0 Å². The summed E-state index contributed by atoms with van der Waals surface area (Å²) in [6.07, 6.45) is 0.896. The zero-order chi connectivity index (χ0) is 21.4. The molecule has 1 amide bonds. The lowest BCUT2D eigenvalue weighted by molar-refractivity contribution is 0.0973. The van der Waals surface area contributed by atoms with Crippen LogP contribution in [0.3, 0.4) is 0 Å². The predicted molar refractivity (Wildman–Crippen MR) is 122 cm³/mol. The highest BCUT2D eigenvalue weighted by Gasteiger charge is 2.16. The van der Waals surface area contributed by atoms with Gasteiger partial charge in [-0.15, -0.1) is 0 Å². The van der Waals surface area contributed by atoms with Gasteiger partial charge >= 0.3 is 0 Å². The van der Waals surface area contributed by atoms with Gasteiger partial charge in [0.1, 0.15) is 17.2 Å². The molecule has 0 radical (unpaired) electrons. The van der Waals surface area contributed by atoms with Crippen molar-refractivity contribution in [3.8, 4) is 17.2 Å². The van der Waals surface area contributed by atoms with Crippen molar-refractivity contribution >= 4 is 44.9 Å². The fraction of sp³-hybridized carbons (Fsp3) is 0.333. The van der Waals surface area contributed by atoms with Gasteiger partial charge in [0.25, 0.3) is 5.91 Å². The van der Waals surface area contributed by atoms with E-state index in [1.54, 1.807) is 44.6 Å². The number of halogens is 1. The number of methoxy groups -OCH3 is 2. The van der Waals surface area contributed by atoms with Crippen LogP contribution in [0.4, 0.5) is 5.69 Å². The quantitative estimate of drug-likeness (QED) is 0.517. The average Bonchev–Trinajstić information content (AvgIpc) is 2.68. The fourth-order valence-corrected chi connectivity index (χ4v) is 3.01. The van der Waals surface area contributed by atoms with Gasteiger partial charge in [0.2, 0.25) is 0 Å². The van der Waals surface area contributed by atoms with Crippen molar-refractivity contribution in [1.29, 1.82) is 0 Å². The zero-order valence-electron chi connectivity index (χ0n) is 16.9. The van der Waals surface area contributed by atoms with E-state index in [1.807, 2.05) is 6.07 Å². The van der Waals surface area contributed by atoms with E-state index in [4.69, 9.17) is 26.4 Å². The van der Waals surface area contributed by atoms with Gasteiger partial charge in [-0.1, -0.05) is 29.8 Å². The summed E-state index contributed by atoms with van der Waals surface area (Å²) in [5.41, 5.74) is 0.977. The van der Waals surface area contributed by atoms with Crippen LogP contribution in [0.15, 0.2) is 40.9 Å². The van der Waals surface area contributed by atoms with Crippen LogP contribution >= 0.6 is 28.1 Å². The summed E-state index contributed by atoms with van der Waals surface area (Å²) in [5.74, 6) is 1.86. The van der Waals surface area contributed by atoms with Crippen molar-refractivity contribution in [3.05, 3.63) is 46.4 Å². The first kappa shape index (κ1) is 23.0. The summed E-state index contributed by atoms with van der Waals surface area (Å²) in [6, 6.07) is 10.6. The van der Waals surface area contributed by atoms with Crippen molar-refractivity contribution in [2.75, 3.05) is 26.1 Å². The molecule has 0 aliphatic heterocycles. The molecule has 8 heteroatoms. The highest BCUT2D eigenvalue weighted by Crippen LogP contribution is 2.29. The number of nitrogens with one attached hydrogen (secondary N) is 2. The first-order chi connectivity index (χ1) is 13.8. The molecule has 0 aromatic heterocycles. The van der Waals surface area contributed by atoms with Crippen molar-refractivity contribution in [1.82, 2.24) is 5.32 Å². The third-order valence-corrected chi connectivity index (χ3v) is 4.72. The van der Waals surface area contributed by atoms with Crippen LogP contribution in [-0.2, 0) is 0 Å². The standard InChI is InChI=1S/C21H25BrN2O4S/c1-13(2)9-10-28-18-7-5-14(22)11-16(18)20(25)24-21(29)23-17-12-15(26-3)6-8-19(17)27-4/h5-8,11-13H,9-10H2,1-4H3,(H2,23,24,25,29). The maximum absolute atomic E-state index is 12.8. The number of benzene rings is 2. The Bertz CT molecular complexity index is 874. The number of ether oxygens (including phenoxy) is 3. The largest absolute Gasteiger partial charge is 0.497 e. The first-order valence-corrected chi connectivity index (χ1v) is 10.3. The van der Waals surface area contributed by atoms with Gasteiger partial charge in [-0.2, -0.15) is 0 Å². The van der Waals surface area contributed by atoms with Crippen LogP contribution < -0.4 is 24.8 Å². The average molecular weight is 481 g/mol. The minimum atomic E-state index is -0.370. The van der Waals surface area contributed by atoms with E-state index in [1.165, 1.54) is 0 Å². The minimum Gasteiger partial charge on any atom is -0.497 e. The van der Waals surface area contributed by atoms with Crippen LogP contribution in [0.2, 0.25) is 0 Å². The van der Waals surface area contributed by atoms with Gasteiger partial charge in [-0.25, -0.2) is 0 Å². The number of hydrogen-bond donors (Lipinski definition) is 2. The topological polar surface area (TPSA) is 68.8 Å². The normalized spacial score (nSPS) is 10.4. The Labute approximate surface area is 185 Å². The van der Waals surface area contributed by atoms with Gasteiger partial charge in [0.15, 0.2) is 5.11 Å². The third-order valence-electron chi connectivity index (χ3n) is 4.02. The van der Waals surface area contributed by atoms with E-state index in [0.29, 0.717) is 41.0 Å². The van der Waals surface area contributed by atoms with Crippen LogP contribution in [0.1, 0.15) is 30.6 Å². The Balaban J connectivity index is 2.11. The summed E-state index contributed by atoms with van der Waals surface area (Å²) in [7, 11) is 3.12. The molecule has 2 aromatic carbocycles. The molecule has 6 nitrogen and oxygen atoms in total. The second-order valence-electron chi connectivity index (χ2n) is 6.65. The molecule has 0 saturated carbocycles. The van der Waals surface area contributed by atoms with Gasteiger partial charge in [0.05, 0.1) is 32.1 Å². The zero-order valence-corrected chi connectivity index (χ0v) is 19.3. The van der Waals surface area contributed by atoms with Gasteiger partial charge < -0.3 is 19.5 Å². The van der Waals surface area contributed by atoms with Crippen molar-refractivity contribution in [2.45, 2.75) is 20.3 Å². The lowest BCUT2D eigenvalue weighted by Gasteiger charge is -2.15. The first-order valence-electron chi connectivity index (χ1n) is 9.10. The fourth-order valence-electron chi connectivity index (χ4n) is 2.45. The predicted octanol–water partition coefficient (Wildman–Crippen LogP) is 5.02. The number of carbonyl (C=O) groups is 1. The molecule has 2 rings (SSSR count). The summed E-state index contributed by atoms with van der Waals surface area (Å²) in [4.78, 5) is 12.8. The Morgan fingerprint density at radius 2 is 1.83 bits per heavy atom. The molecule has 156 valence electrons. The summed E-state index contributed by atoms with van der Waals surface area (Å²) >= 11 is 8.70. The smallest absolute Gasteiger partial charge is 0.261 e. The Morgan fingerprint density at radius 1 is 1.10 bits per heavy atom. The molecule has 2 aromatic rings. The number of anilines is 1. The Morgan fingerprint density at radius 3 is 2.48 bits per heavy atom. The Kier molecular flexibility index (Phi) is 8.72. The molecule has 0 fully saturated rings. The molecule has 0 unspecified atom stereocenters. The molecule has 29 heavy (non-hydrogen) atoms. The molecule has 2 N–H and O–H groups in total. The second kappa shape index (κ2) is 11.0. The molecule has 0 aliphatic carbocycles. The van der Waals surface area contributed by atoms with Gasteiger partial charge in [-0.3, -0.25) is 10.1 Å². The maximum atomic E-state index is 12.8. The molecule has 0 atom stereocenters. The monoisotopic (exact) mass is 480 g/mol. The third kappa shape index (κ3) is 6.90. The van der Waals surface area contributed by atoms with Crippen LogP contribution in [0.5, 0.6) is 17.2 Å². The number of amides is 1. The summed E-state index contributed by atoms with van der Waals surface area (Å²) < 4.78 is 17.1. The second-order valence-corrected chi connectivity index (χ2v) is 7.97. The van der Waals surface area contributed by atoms with E-state index >= 15 is 0 Å². The number of hydrogen-bond acceptors (Lipinski definition) is 5. The number of rotatable bonds is 8. The van der Waals surface area contributed by atoms with E-state index in [9.17, 15) is 4.79 Å². The molecule has 0 heterocycles. The number of carbonyl (C=O) groups excluding carboxylic acids is 1. The van der Waals surface area contributed by atoms with Gasteiger partial charge in [0, 0.05) is 10.5 Å². The van der Waals surface area contributed by atoms with Crippen molar-refractivity contribution in [2.24, 2.45) is 5.92 Å². The molecular weight excluding hydrogens is 456 g/mol. The number of thiocarbonyl (C=S) groups is 1. The molecular formula is C21H25BrN2O4S. The Hall–Kier alpha value is -2.32. The maximum Gasteiger partial charge on any atom is 0.261 e. The van der Waals surface area contributed by atoms with Gasteiger partial charge in [-0.05, 0) is 54.9 Å². The van der Waals surface area contributed by atoms with E-state index in [-0.39, 0.29) is 11.0 Å². The highest BCUT2D eigenvalue weighted by atomic mass is 79.9. The van der Waals surface area contributed by atoms with E-state index < -0.39 is 0 Å². The van der Waals surface area contributed by atoms with E-state index in [0.717, 1.165) is 10.9 Å². The SMILES string of the molecule is COc1ccc(OC)c(NC(=S)NC(=O)c2cc(Br)ccc2OCCC(C)C)c1. The van der Waals surface area contributed by atoms with Crippen LogP contribution in [-0.4, -0.2) is 31.8 Å². The van der Waals surface area contributed by atoms with Crippen LogP contribution in [0, 0.1) is 5.92 Å². The molecule has 0 bridgehead atoms. The van der Waals surface area contributed by atoms with Crippen molar-refractivity contribution in [3.63, 3.8) is 0 Å².